The Balaban J connectivity index is 1.32. The van der Waals surface area contributed by atoms with Crippen molar-refractivity contribution in [1.82, 2.24) is 14.1 Å². The Hall–Kier alpha value is -3.53. The smallest absolute Gasteiger partial charge is 0.410 e. The van der Waals surface area contributed by atoms with Gasteiger partial charge in [0.15, 0.2) is 0 Å². The molecule has 0 atom stereocenters. The SMILES string of the molecule is CCOC(=O)C1CCN(S(=O)(=O)c2ccc(C(=O)Nc3sc4c(c3C(=O)N3CCOCC3)CCN(C(=O)OCC)C4)cc2)CC1. The van der Waals surface area contributed by atoms with Crippen molar-refractivity contribution in [3.8, 4) is 0 Å². The van der Waals surface area contributed by atoms with Crippen LogP contribution in [0.2, 0.25) is 0 Å². The number of ether oxygens (including phenoxy) is 3. The first-order chi connectivity index (χ1) is 21.6. The standard InChI is InChI=1S/C30H38N4O9S2/c1-3-42-29(37)21-9-13-34(14-10-21)45(39,40)22-7-5-20(6-8-22)26(35)31-27-25(28(36)32-15-17-41-18-16-32)23-11-12-33(19-24(23)44-27)30(38)43-4-2/h5-8,21H,3-4,9-19H2,1-2H3,(H,31,35). The maximum atomic E-state index is 13.7. The molecule has 5 rings (SSSR count). The highest BCUT2D eigenvalue weighted by atomic mass is 32.2. The molecule has 244 valence electrons. The number of sulfonamides is 1. The molecule has 0 aliphatic carbocycles. The Kier molecular flexibility index (Phi) is 10.4. The van der Waals surface area contributed by atoms with E-state index in [2.05, 4.69) is 5.32 Å². The first-order valence-electron chi connectivity index (χ1n) is 15.2. The average molecular weight is 663 g/mol. The fourth-order valence-corrected chi connectivity index (χ4v) is 8.43. The van der Waals surface area contributed by atoms with E-state index >= 15 is 0 Å². The van der Waals surface area contributed by atoms with E-state index in [4.69, 9.17) is 14.2 Å². The van der Waals surface area contributed by atoms with E-state index in [0.717, 1.165) is 10.4 Å². The summed E-state index contributed by atoms with van der Waals surface area (Å²) in [5, 5.41) is 3.27. The molecule has 0 saturated carbocycles. The molecule has 1 N–H and O–H groups in total. The van der Waals surface area contributed by atoms with Crippen LogP contribution in [0.1, 0.15) is 57.8 Å². The number of rotatable bonds is 8. The van der Waals surface area contributed by atoms with Crippen LogP contribution in [0.4, 0.5) is 9.80 Å². The van der Waals surface area contributed by atoms with Crippen LogP contribution in [0.5, 0.6) is 0 Å². The molecule has 13 nitrogen and oxygen atoms in total. The van der Waals surface area contributed by atoms with Gasteiger partial charge in [-0.1, -0.05) is 0 Å². The molecular formula is C30H38N4O9S2. The fraction of sp³-hybridized carbons (Fsp3) is 0.533. The van der Waals surface area contributed by atoms with Crippen LogP contribution in [0.25, 0.3) is 0 Å². The number of carbonyl (C=O) groups is 4. The predicted molar refractivity (Wildman–Crippen MR) is 165 cm³/mol. The van der Waals surface area contributed by atoms with Crippen molar-refractivity contribution >= 4 is 50.2 Å². The highest BCUT2D eigenvalue weighted by Gasteiger charge is 2.35. The quantitative estimate of drug-likeness (QED) is 0.421. The number of esters is 1. The van der Waals surface area contributed by atoms with Crippen LogP contribution in [0, 0.1) is 5.92 Å². The molecule has 3 aliphatic rings. The van der Waals surface area contributed by atoms with Crippen LogP contribution in [-0.2, 0) is 42.0 Å². The average Bonchev–Trinajstić information content (AvgIpc) is 3.42. The number of anilines is 1. The zero-order valence-corrected chi connectivity index (χ0v) is 27.0. The number of morpholine rings is 1. The Morgan fingerprint density at radius 1 is 0.933 bits per heavy atom. The summed E-state index contributed by atoms with van der Waals surface area (Å²) in [6.45, 7) is 6.78. The molecular weight excluding hydrogens is 624 g/mol. The number of benzene rings is 1. The molecule has 45 heavy (non-hydrogen) atoms. The van der Waals surface area contributed by atoms with Crippen molar-refractivity contribution in [3.05, 3.63) is 45.8 Å². The number of carbonyl (C=O) groups excluding carboxylic acids is 4. The molecule has 1 aromatic carbocycles. The van der Waals surface area contributed by atoms with Gasteiger partial charge in [-0.3, -0.25) is 14.4 Å². The molecule has 0 radical (unpaired) electrons. The van der Waals surface area contributed by atoms with Gasteiger partial charge in [-0.25, -0.2) is 13.2 Å². The van der Waals surface area contributed by atoms with E-state index in [1.807, 2.05) is 0 Å². The van der Waals surface area contributed by atoms with Crippen molar-refractivity contribution < 1.29 is 41.8 Å². The van der Waals surface area contributed by atoms with Gasteiger partial charge in [-0.15, -0.1) is 11.3 Å². The van der Waals surface area contributed by atoms with Crippen molar-refractivity contribution in [2.24, 2.45) is 5.92 Å². The lowest BCUT2D eigenvalue weighted by Gasteiger charge is -2.30. The zero-order valence-electron chi connectivity index (χ0n) is 25.4. The normalized spacial score (nSPS) is 17.8. The van der Waals surface area contributed by atoms with Crippen molar-refractivity contribution in [2.45, 2.75) is 44.6 Å². The second-order valence-corrected chi connectivity index (χ2v) is 13.9. The third kappa shape index (κ3) is 7.16. The minimum atomic E-state index is -3.83. The molecule has 0 unspecified atom stereocenters. The van der Waals surface area contributed by atoms with Crippen molar-refractivity contribution in [1.29, 1.82) is 0 Å². The highest BCUT2D eigenvalue weighted by molar-refractivity contribution is 7.89. The largest absolute Gasteiger partial charge is 0.466 e. The Bertz CT molecular complexity index is 1530. The van der Waals surface area contributed by atoms with Crippen molar-refractivity contribution in [2.75, 3.05) is 64.5 Å². The monoisotopic (exact) mass is 662 g/mol. The second kappa shape index (κ2) is 14.3. The first-order valence-corrected chi connectivity index (χ1v) is 17.4. The number of nitrogens with one attached hydrogen (secondary N) is 1. The molecule has 2 saturated heterocycles. The third-order valence-electron chi connectivity index (χ3n) is 8.15. The van der Waals surface area contributed by atoms with Gasteiger partial charge in [0.25, 0.3) is 11.8 Å². The van der Waals surface area contributed by atoms with Gasteiger partial charge in [0, 0.05) is 43.2 Å². The van der Waals surface area contributed by atoms with Gasteiger partial charge in [0.05, 0.1) is 49.3 Å². The number of thiophene rings is 1. The fourth-order valence-electron chi connectivity index (χ4n) is 5.71. The first kappa shape index (κ1) is 32.9. The Morgan fingerprint density at radius 3 is 2.24 bits per heavy atom. The van der Waals surface area contributed by atoms with Crippen LogP contribution >= 0.6 is 11.3 Å². The van der Waals surface area contributed by atoms with E-state index in [0.29, 0.717) is 62.7 Å². The zero-order chi connectivity index (χ0) is 32.1. The lowest BCUT2D eigenvalue weighted by Crippen LogP contribution is -2.41. The third-order valence-corrected chi connectivity index (χ3v) is 11.2. The summed E-state index contributed by atoms with van der Waals surface area (Å²) < 4.78 is 43.6. The van der Waals surface area contributed by atoms with Crippen LogP contribution in [0.3, 0.4) is 0 Å². The summed E-state index contributed by atoms with van der Waals surface area (Å²) in [6.07, 6.45) is 0.774. The molecule has 0 spiro atoms. The van der Waals surface area contributed by atoms with E-state index in [1.54, 1.807) is 23.6 Å². The maximum absolute atomic E-state index is 13.7. The lowest BCUT2D eigenvalue weighted by molar-refractivity contribution is -0.149. The highest BCUT2D eigenvalue weighted by Crippen LogP contribution is 2.38. The topological polar surface area (TPSA) is 152 Å². The number of nitrogens with zero attached hydrogens (tertiary/aromatic N) is 3. The maximum Gasteiger partial charge on any atom is 0.410 e. The van der Waals surface area contributed by atoms with Crippen LogP contribution in [-0.4, -0.2) is 106 Å². The molecule has 15 heteroatoms. The second-order valence-electron chi connectivity index (χ2n) is 10.9. The van der Waals surface area contributed by atoms with E-state index in [-0.39, 0.29) is 61.1 Å². The number of fused-ring (bicyclic) bond motifs is 1. The molecule has 3 amide bonds. The molecule has 2 aromatic rings. The predicted octanol–water partition coefficient (Wildman–Crippen LogP) is 2.95. The minimum Gasteiger partial charge on any atom is -0.466 e. The minimum absolute atomic E-state index is 0.0439. The van der Waals surface area contributed by atoms with Gasteiger partial charge < -0.3 is 29.3 Å². The lowest BCUT2D eigenvalue weighted by atomic mass is 9.98. The van der Waals surface area contributed by atoms with Gasteiger partial charge in [0.1, 0.15) is 5.00 Å². The molecule has 2 fully saturated rings. The number of hydrogen-bond donors (Lipinski definition) is 1. The van der Waals surface area contributed by atoms with Gasteiger partial charge in [0.2, 0.25) is 10.0 Å². The number of amides is 3. The van der Waals surface area contributed by atoms with E-state index < -0.39 is 22.0 Å². The van der Waals surface area contributed by atoms with Gasteiger partial charge in [-0.05, 0) is 62.9 Å². The summed E-state index contributed by atoms with van der Waals surface area (Å²) in [4.78, 5) is 55.7. The molecule has 4 heterocycles. The van der Waals surface area contributed by atoms with Gasteiger partial charge in [-0.2, -0.15) is 4.31 Å². The molecule has 1 aromatic heterocycles. The van der Waals surface area contributed by atoms with E-state index in [1.165, 1.54) is 39.9 Å². The van der Waals surface area contributed by atoms with Crippen molar-refractivity contribution in [3.63, 3.8) is 0 Å². The Morgan fingerprint density at radius 2 is 1.60 bits per heavy atom. The molecule has 3 aliphatic heterocycles. The summed E-state index contributed by atoms with van der Waals surface area (Å²) in [7, 11) is -3.83. The van der Waals surface area contributed by atoms with Crippen LogP contribution in [0.15, 0.2) is 29.2 Å². The Labute approximate surface area is 266 Å². The number of piperidine rings is 1. The summed E-state index contributed by atoms with van der Waals surface area (Å²) >= 11 is 1.25. The summed E-state index contributed by atoms with van der Waals surface area (Å²) in [5.74, 6) is -1.32. The molecule has 0 bridgehead atoms. The van der Waals surface area contributed by atoms with Gasteiger partial charge >= 0.3 is 12.1 Å². The van der Waals surface area contributed by atoms with Crippen LogP contribution < -0.4 is 5.32 Å². The summed E-state index contributed by atoms with van der Waals surface area (Å²) in [5.41, 5.74) is 1.44. The number of hydrogen-bond acceptors (Lipinski definition) is 10. The van der Waals surface area contributed by atoms with E-state index in [9.17, 15) is 27.6 Å². The summed E-state index contributed by atoms with van der Waals surface area (Å²) in [6, 6.07) is 5.65.